The summed E-state index contributed by atoms with van der Waals surface area (Å²) in [6.07, 6.45) is 7.45. The molecule has 0 aromatic heterocycles. The minimum absolute atomic E-state index is 0.176. The summed E-state index contributed by atoms with van der Waals surface area (Å²) in [4.78, 5) is 35.0. The van der Waals surface area contributed by atoms with Gasteiger partial charge in [-0.25, -0.2) is 0 Å². The number of unbranched alkanes of at least 4 members (excludes halogenated alkanes) is 3. The molecule has 0 spiro atoms. The molecule has 106 valence electrons. The summed E-state index contributed by atoms with van der Waals surface area (Å²) in [5.41, 5.74) is 0. The third-order valence-corrected chi connectivity index (χ3v) is 2.98. The monoisotopic (exact) mass is 267 g/mol. The Hall–Kier alpha value is -1.65. The van der Waals surface area contributed by atoms with Gasteiger partial charge in [-0.15, -0.1) is 0 Å². The zero-order chi connectivity index (χ0) is 14.3. The molecule has 1 aliphatic rings. The molecule has 1 aliphatic heterocycles. The Balaban J connectivity index is 2.23. The Morgan fingerprint density at radius 1 is 1.21 bits per heavy atom. The van der Waals surface area contributed by atoms with Crippen molar-refractivity contribution in [3.63, 3.8) is 0 Å². The van der Waals surface area contributed by atoms with Gasteiger partial charge in [-0.1, -0.05) is 26.2 Å². The zero-order valence-electron chi connectivity index (χ0n) is 11.6. The van der Waals surface area contributed by atoms with Gasteiger partial charge in [0.2, 0.25) is 0 Å². The molecule has 0 bridgehead atoms. The minimum Gasteiger partial charge on any atom is -0.461 e. The molecule has 0 aromatic rings. The van der Waals surface area contributed by atoms with Crippen molar-refractivity contribution < 1.29 is 19.1 Å². The fourth-order valence-corrected chi connectivity index (χ4v) is 1.90. The molecule has 5 nitrogen and oxygen atoms in total. The predicted octanol–water partition coefficient (Wildman–Crippen LogP) is 1.81. The van der Waals surface area contributed by atoms with Crippen LogP contribution in [0.5, 0.6) is 0 Å². The summed E-state index contributed by atoms with van der Waals surface area (Å²) in [7, 11) is 0. The number of hydrogen-bond acceptors (Lipinski definition) is 4. The van der Waals surface area contributed by atoms with Crippen LogP contribution in [0.4, 0.5) is 0 Å². The second-order valence-corrected chi connectivity index (χ2v) is 4.75. The molecule has 2 amide bonds. The number of carbonyl (C=O) groups is 3. The lowest BCUT2D eigenvalue weighted by molar-refractivity contribution is -0.155. The molecule has 0 saturated heterocycles. The molecule has 5 heteroatoms. The van der Waals surface area contributed by atoms with E-state index < -0.39 is 17.8 Å². The standard InChI is InChI=1S/C14H21NO4/c1-3-4-5-6-7-11(2)19-14(18)10-15-12(16)8-9-13(15)17/h8-9,11H,3-7,10H2,1-2H3. The number of nitrogens with zero attached hydrogens (tertiary/aromatic N) is 1. The first-order valence-corrected chi connectivity index (χ1v) is 6.77. The molecule has 0 aliphatic carbocycles. The number of ether oxygens (including phenoxy) is 1. The third kappa shape index (κ3) is 5.24. The van der Waals surface area contributed by atoms with E-state index in [2.05, 4.69) is 6.92 Å². The van der Waals surface area contributed by atoms with Gasteiger partial charge in [0.15, 0.2) is 0 Å². The van der Waals surface area contributed by atoms with Gasteiger partial charge in [-0.3, -0.25) is 19.3 Å². The van der Waals surface area contributed by atoms with E-state index in [9.17, 15) is 14.4 Å². The summed E-state index contributed by atoms with van der Waals surface area (Å²) in [5.74, 6) is -1.46. The highest BCUT2D eigenvalue weighted by atomic mass is 16.5. The van der Waals surface area contributed by atoms with E-state index in [1.54, 1.807) is 0 Å². The predicted molar refractivity (Wildman–Crippen MR) is 70.2 cm³/mol. The van der Waals surface area contributed by atoms with Gasteiger partial charge in [0.05, 0.1) is 6.10 Å². The molecule has 19 heavy (non-hydrogen) atoms. The van der Waals surface area contributed by atoms with Gasteiger partial charge >= 0.3 is 5.97 Å². The second-order valence-electron chi connectivity index (χ2n) is 4.75. The van der Waals surface area contributed by atoms with E-state index in [0.717, 1.165) is 36.3 Å². The van der Waals surface area contributed by atoms with Gasteiger partial charge in [0.1, 0.15) is 6.54 Å². The molecule has 0 N–H and O–H groups in total. The summed E-state index contributed by atoms with van der Waals surface area (Å²) in [6.45, 7) is 3.67. The maximum absolute atomic E-state index is 11.6. The maximum Gasteiger partial charge on any atom is 0.326 e. The van der Waals surface area contributed by atoms with Crippen LogP contribution in [-0.4, -0.2) is 35.3 Å². The Morgan fingerprint density at radius 2 is 1.84 bits per heavy atom. The fraction of sp³-hybridized carbons (Fsp3) is 0.643. The Morgan fingerprint density at radius 3 is 2.42 bits per heavy atom. The number of hydrogen-bond donors (Lipinski definition) is 0. The summed E-state index contributed by atoms with van der Waals surface area (Å²) < 4.78 is 5.18. The molecule has 1 rings (SSSR count). The molecule has 1 atom stereocenters. The molecule has 0 saturated carbocycles. The van der Waals surface area contributed by atoms with Crippen molar-refractivity contribution in [3.8, 4) is 0 Å². The molecule has 1 heterocycles. The van der Waals surface area contributed by atoms with E-state index in [4.69, 9.17) is 4.74 Å². The van der Waals surface area contributed by atoms with Crippen molar-refractivity contribution in [2.45, 2.75) is 52.1 Å². The van der Waals surface area contributed by atoms with Crippen LogP contribution in [0.15, 0.2) is 12.2 Å². The molecular formula is C14H21NO4. The van der Waals surface area contributed by atoms with Crippen molar-refractivity contribution in [2.24, 2.45) is 0 Å². The Labute approximate surface area is 113 Å². The van der Waals surface area contributed by atoms with Crippen LogP contribution in [0.2, 0.25) is 0 Å². The van der Waals surface area contributed by atoms with Crippen molar-refractivity contribution >= 4 is 17.8 Å². The van der Waals surface area contributed by atoms with Crippen LogP contribution in [0.25, 0.3) is 0 Å². The fourth-order valence-electron chi connectivity index (χ4n) is 1.90. The molecule has 1 unspecified atom stereocenters. The van der Waals surface area contributed by atoms with Crippen molar-refractivity contribution in [3.05, 3.63) is 12.2 Å². The highest BCUT2D eigenvalue weighted by molar-refractivity contribution is 6.14. The number of rotatable bonds is 8. The van der Waals surface area contributed by atoms with Crippen molar-refractivity contribution in [1.82, 2.24) is 4.90 Å². The highest BCUT2D eigenvalue weighted by Crippen LogP contribution is 2.09. The van der Waals surface area contributed by atoms with Crippen LogP contribution < -0.4 is 0 Å². The topological polar surface area (TPSA) is 63.7 Å². The quantitative estimate of drug-likeness (QED) is 0.382. The number of imide groups is 1. The molecule has 0 aromatic carbocycles. The SMILES string of the molecule is CCCCCCC(C)OC(=O)CN1C(=O)C=CC1=O. The van der Waals surface area contributed by atoms with Gasteiger partial charge in [0.25, 0.3) is 11.8 Å². The van der Waals surface area contributed by atoms with Crippen molar-refractivity contribution in [1.29, 1.82) is 0 Å². The van der Waals surface area contributed by atoms with Crippen LogP contribution >= 0.6 is 0 Å². The number of esters is 1. The third-order valence-electron chi connectivity index (χ3n) is 2.98. The van der Waals surface area contributed by atoms with E-state index >= 15 is 0 Å². The lowest BCUT2D eigenvalue weighted by atomic mass is 10.1. The second kappa shape index (κ2) is 7.71. The lowest BCUT2D eigenvalue weighted by Gasteiger charge is -2.16. The van der Waals surface area contributed by atoms with E-state index in [0.29, 0.717) is 0 Å². The van der Waals surface area contributed by atoms with E-state index in [1.807, 2.05) is 6.92 Å². The van der Waals surface area contributed by atoms with Gasteiger partial charge < -0.3 is 4.74 Å². The summed E-state index contributed by atoms with van der Waals surface area (Å²) >= 11 is 0. The zero-order valence-corrected chi connectivity index (χ0v) is 11.6. The van der Waals surface area contributed by atoms with Gasteiger partial charge in [-0.05, 0) is 19.8 Å². The Bertz CT molecular complexity index is 358. The smallest absolute Gasteiger partial charge is 0.326 e. The van der Waals surface area contributed by atoms with Gasteiger partial charge in [0, 0.05) is 12.2 Å². The number of carbonyl (C=O) groups excluding carboxylic acids is 3. The first-order chi connectivity index (χ1) is 9.04. The summed E-state index contributed by atoms with van der Waals surface area (Å²) in [6, 6.07) is 0. The van der Waals surface area contributed by atoms with Crippen LogP contribution in [-0.2, 0) is 19.1 Å². The van der Waals surface area contributed by atoms with Crippen LogP contribution in [0, 0.1) is 0 Å². The Kier molecular flexibility index (Phi) is 6.25. The van der Waals surface area contributed by atoms with Crippen LogP contribution in [0.3, 0.4) is 0 Å². The first kappa shape index (κ1) is 15.4. The van der Waals surface area contributed by atoms with E-state index in [1.165, 1.54) is 12.8 Å². The van der Waals surface area contributed by atoms with E-state index in [-0.39, 0.29) is 12.6 Å². The molecular weight excluding hydrogens is 246 g/mol. The van der Waals surface area contributed by atoms with Crippen LogP contribution in [0.1, 0.15) is 46.0 Å². The van der Waals surface area contributed by atoms with Crippen molar-refractivity contribution in [2.75, 3.05) is 6.54 Å². The molecule has 0 radical (unpaired) electrons. The average Bonchev–Trinajstić information content (AvgIpc) is 2.66. The lowest BCUT2D eigenvalue weighted by Crippen LogP contribution is -2.36. The molecule has 0 fully saturated rings. The largest absolute Gasteiger partial charge is 0.461 e. The summed E-state index contributed by atoms with van der Waals surface area (Å²) in [5, 5.41) is 0. The highest BCUT2D eigenvalue weighted by Gasteiger charge is 2.26. The van der Waals surface area contributed by atoms with Gasteiger partial charge in [-0.2, -0.15) is 0 Å². The maximum atomic E-state index is 11.6. The average molecular weight is 267 g/mol. The minimum atomic E-state index is -0.534. The first-order valence-electron chi connectivity index (χ1n) is 6.77. The number of amides is 2. The normalized spacial score (nSPS) is 16.0.